The molecule has 0 radical (unpaired) electrons. The highest BCUT2D eigenvalue weighted by Crippen LogP contribution is 2.28. The molecule has 8 heteroatoms. The van der Waals surface area contributed by atoms with E-state index in [0.29, 0.717) is 50.9 Å². The molecule has 28 heavy (non-hydrogen) atoms. The average Bonchev–Trinajstić information content (AvgIpc) is 3.35. The Morgan fingerprint density at radius 2 is 1.82 bits per heavy atom. The van der Waals surface area contributed by atoms with E-state index >= 15 is 0 Å². The molecule has 0 spiro atoms. The van der Waals surface area contributed by atoms with E-state index in [-0.39, 0.29) is 17.7 Å². The molecular weight excluding hydrogens is 358 g/mol. The van der Waals surface area contributed by atoms with Crippen LogP contribution >= 0.6 is 0 Å². The second kappa shape index (κ2) is 7.61. The monoisotopic (exact) mass is 383 g/mol. The summed E-state index contributed by atoms with van der Waals surface area (Å²) in [6.07, 6.45) is 0.972. The fourth-order valence-corrected chi connectivity index (χ4v) is 3.75. The second-order valence-corrected chi connectivity index (χ2v) is 7.54. The number of nitrogens with zero attached hydrogens (tertiary/aromatic N) is 5. The van der Waals surface area contributed by atoms with Gasteiger partial charge in [0.1, 0.15) is 6.04 Å². The van der Waals surface area contributed by atoms with E-state index in [1.165, 1.54) is 0 Å². The number of hydrogen-bond donors (Lipinski definition) is 0. The van der Waals surface area contributed by atoms with Gasteiger partial charge in [-0.3, -0.25) is 14.5 Å². The molecule has 4 rings (SSSR count). The van der Waals surface area contributed by atoms with Crippen molar-refractivity contribution in [1.29, 1.82) is 0 Å². The summed E-state index contributed by atoms with van der Waals surface area (Å²) in [6.45, 7) is 6.44. The maximum Gasteiger partial charge on any atom is 0.318 e. The highest BCUT2D eigenvalue weighted by Gasteiger charge is 2.40. The van der Waals surface area contributed by atoms with Gasteiger partial charge in [-0.15, -0.1) is 5.10 Å². The Morgan fingerprint density at radius 3 is 2.46 bits per heavy atom. The van der Waals surface area contributed by atoms with Crippen LogP contribution in [0.5, 0.6) is 0 Å². The number of rotatable bonds is 4. The zero-order valence-corrected chi connectivity index (χ0v) is 16.2. The highest BCUT2D eigenvalue weighted by atomic mass is 16.4. The molecule has 2 aliphatic rings. The summed E-state index contributed by atoms with van der Waals surface area (Å²) in [5, 5.41) is 8.20. The van der Waals surface area contributed by atoms with Crippen molar-refractivity contribution in [2.75, 3.05) is 36.0 Å². The van der Waals surface area contributed by atoms with E-state index < -0.39 is 6.04 Å². The number of anilines is 2. The molecule has 2 aromatic rings. The number of carbonyl (C=O) groups is 2. The Bertz CT molecular complexity index is 843. The van der Waals surface area contributed by atoms with Gasteiger partial charge in [0.05, 0.1) is 0 Å². The van der Waals surface area contributed by atoms with E-state index in [0.717, 1.165) is 5.69 Å². The molecule has 1 atom stereocenters. The summed E-state index contributed by atoms with van der Waals surface area (Å²) in [5.74, 6) is 0.836. The zero-order chi connectivity index (χ0) is 19.7. The maximum atomic E-state index is 13.1. The van der Waals surface area contributed by atoms with Gasteiger partial charge in [0.2, 0.25) is 17.7 Å². The van der Waals surface area contributed by atoms with Crippen LogP contribution in [0.2, 0.25) is 0 Å². The van der Waals surface area contributed by atoms with E-state index in [1.54, 1.807) is 4.90 Å². The number of piperazine rings is 1. The van der Waals surface area contributed by atoms with Crippen LogP contribution in [0.4, 0.5) is 11.7 Å². The van der Waals surface area contributed by atoms with Gasteiger partial charge in [-0.2, -0.15) is 0 Å². The van der Waals surface area contributed by atoms with Crippen molar-refractivity contribution in [3.8, 4) is 0 Å². The largest absolute Gasteiger partial charge is 0.408 e. The zero-order valence-electron chi connectivity index (χ0n) is 16.2. The van der Waals surface area contributed by atoms with Gasteiger partial charge in [-0.05, 0) is 18.6 Å². The van der Waals surface area contributed by atoms with E-state index in [4.69, 9.17) is 4.42 Å². The Balaban J connectivity index is 1.41. The van der Waals surface area contributed by atoms with E-state index in [1.807, 2.05) is 54.0 Å². The third-order valence-electron chi connectivity index (χ3n) is 5.32. The van der Waals surface area contributed by atoms with Crippen LogP contribution in [0.3, 0.4) is 0 Å². The summed E-state index contributed by atoms with van der Waals surface area (Å²) in [5.41, 5.74) is 0.786. The number of hydrogen-bond acceptors (Lipinski definition) is 6. The minimum atomic E-state index is -0.419. The lowest BCUT2D eigenvalue weighted by molar-refractivity contribution is -0.133. The third-order valence-corrected chi connectivity index (χ3v) is 5.32. The lowest BCUT2D eigenvalue weighted by atomic mass is 10.1. The molecule has 1 aromatic heterocycles. The quantitative estimate of drug-likeness (QED) is 0.803. The van der Waals surface area contributed by atoms with Crippen LogP contribution in [-0.2, 0) is 9.59 Å². The van der Waals surface area contributed by atoms with Crippen molar-refractivity contribution in [3.05, 3.63) is 36.2 Å². The Morgan fingerprint density at radius 1 is 1.11 bits per heavy atom. The van der Waals surface area contributed by atoms with Gasteiger partial charge >= 0.3 is 6.01 Å². The van der Waals surface area contributed by atoms with Crippen LogP contribution < -0.4 is 9.80 Å². The molecule has 1 unspecified atom stereocenters. The predicted octanol–water partition coefficient (Wildman–Crippen LogP) is 2.04. The molecule has 2 fully saturated rings. The second-order valence-electron chi connectivity index (χ2n) is 7.54. The molecule has 2 aliphatic heterocycles. The Labute approximate surface area is 164 Å². The summed E-state index contributed by atoms with van der Waals surface area (Å²) in [4.78, 5) is 31.0. The summed E-state index contributed by atoms with van der Waals surface area (Å²) >= 11 is 0. The van der Waals surface area contributed by atoms with Crippen molar-refractivity contribution in [2.45, 2.75) is 38.6 Å². The van der Waals surface area contributed by atoms with Gasteiger partial charge in [0.25, 0.3) is 0 Å². The van der Waals surface area contributed by atoms with Crippen molar-refractivity contribution >= 4 is 23.5 Å². The van der Waals surface area contributed by atoms with Gasteiger partial charge in [0.15, 0.2) is 0 Å². The first-order valence-corrected chi connectivity index (χ1v) is 9.79. The average molecular weight is 383 g/mol. The first kappa shape index (κ1) is 18.5. The minimum Gasteiger partial charge on any atom is -0.408 e. The van der Waals surface area contributed by atoms with E-state index in [2.05, 4.69) is 10.2 Å². The van der Waals surface area contributed by atoms with Crippen molar-refractivity contribution in [1.82, 2.24) is 15.1 Å². The molecule has 2 amide bonds. The molecule has 2 saturated heterocycles. The summed E-state index contributed by atoms with van der Waals surface area (Å²) in [6, 6.07) is 9.53. The van der Waals surface area contributed by atoms with Gasteiger partial charge in [0, 0.05) is 44.2 Å². The van der Waals surface area contributed by atoms with Crippen LogP contribution in [0, 0.1) is 0 Å². The van der Waals surface area contributed by atoms with Crippen LogP contribution in [0.25, 0.3) is 0 Å². The smallest absolute Gasteiger partial charge is 0.318 e. The number of benzene rings is 1. The van der Waals surface area contributed by atoms with Gasteiger partial charge in [-0.1, -0.05) is 37.1 Å². The standard InChI is InChI=1S/C20H25N5O3/c1-14(2)18-21-22-20(28-18)24-12-10-23(11-13-24)19(27)16-8-9-17(26)25(16)15-6-4-3-5-7-15/h3-7,14,16H,8-13H2,1-2H3. The molecular formula is C20H25N5O3. The predicted molar refractivity (Wildman–Crippen MR) is 104 cm³/mol. The third kappa shape index (κ3) is 3.46. The van der Waals surface area contributed by atoms with Gasteiger partial charge < -0.3 is 14.2 Å². The van der Waals surface area contributed by atoms with Crippen molar-refractivity contribution in [2.24, 2.45) is 0 Å². The Kier molecular flexibility index (Phi) is 5.02. The number of amides is 2. The van der Waals surface area contributed by atoms with Crippen LogP contribution in [0.1, 0.15) is 38.5 Å². The van der Waals surface area contributed by atoms with Gasteiger partial charge in [-0.25, -0.2) is 0 Å². The minimum absolute atomic E-state index is 0.00950. The highest BCUT2D eigenvalue weighted by molar-refractivity contribution is 6.03. The summed E-state index contributed by atoms with van der Waals surface area (Å²) < 4.78 is 5.72. The Hall–Kier alpha value is -2.90. The lowest BCUT2D eigenvalue weighted by Gasteiger charge is -2.36. The number of para-hydroxylation sites is 1. The number of aromatic nitrogens is 2. The van der Waals surface area contributed by atoms with Crippen molar-refractivity contribution in [3.63, 3.8) is 0 Å². The molecule has 148 valence electrons. The summed E-state index contributed by atoms with van der Waals surface area (Å²) in [7, 11) is 0. The molecule has 8 nitrogen and oxygen atoms in total. The van der Waals surface area contributed by atoms with Crippen LogP contribution in [-0.4, -0.2) is 59.1 Å². The first-order chi connectivity index (χ1) is 13.5. The van der Waals surface area contributed by atoms with Crippen LogP contribution in [0.15, 0.2) is 34.7 Å². The molecule has 0 aliphatic carbocycles. The lowest BCUT2D eigenvalue weighted by Crippen LogP contribution is -2.54. The molecule has 0 saturated carbocycles. The van der Waals surface area contributed by atoms with Crippen molar-refractivity contribution < 1.29 is 14.0 Å². The number of carbonyl (C=O) groups excluding carboxylic acids is 2. The molecule has 1 aromatic carbocycles. The maximum absolute atomic E-state index is 13.1. The fraction of sp³-hybridized carbons (Fsp3) is 0.500. The topological polar surface area (TPSA) is 82.8 Å². The molecule has 0 bridgehead atoms. The normalized spacial score (nSPS) is 20.3. The molecule has 3 heterocycles. The molecule has 0 N–H and O–H groups in total. The fourth-order valence-electron chi connectivity index (χ4n) is 3.75. The van der Waals surface area contributed by atoms with E-state index in [9.17, 15) is 9.59 Å². The SMILES string of the molecule is CC(C)c1nnc(N2CCN(C(=O)C3CCC(=O)N3c3ccccc3)CC2)o1. The first-order valence-electron chi connectivity index (χ1n) is 9.79.